The number of hydrogen-bond acceptors (Lipinski definition) is 5. The zero-order valence-electron chi connectivity index (χ0n) is 9.95. The van der Waals surface area contributed by atoms with E-state index < -0.39 is 5.97 Å². The highest BCUT2D eigenvalue weighted by Gasteiger charge is 2.07. The molecule has 7 nitrogen and oxygen atoms in total. The van der Waals surface area contributed by atoms with Gasteiger partial charge in [0.2, 0.25) is 0 Å². The molecule has 0 bridgehead atoms. The van der Waals surface area contributed by atoms with E-state index in [0.717, 1.165) is 13.0 Å². The van der Waals surface area contributed by atoms with Crippen molar-refractivity contribution in [2.45, 2.75) is 13.0 Å². The lowest BCUT2D eigenvalue weighted by molar-refractivity contribution is 0.0696. The van der Waals surface area contributed by atoms with Crippen molar-refractivity contribution in [1.82, 2.24) is 20.0 Å². The van der Waals surface area contributed by atoms with Gasteiger partial charge in [0.05, 0.1) is 16.8 Å². The van der Waals surface area contributed by atoms with Crippen LogP contribution in [0.15, 0.2) is 24.7 Å². The number of carbonyl (C=O) groups is 1. The highest BCUT2D eigenvalue weighted by molar-refractivity contribution is 6.33. The third kappa shape index (κ3) is 3.65. The first-order valence-electron chi connectivity index (χ1n) is 5.63. The van der Waals surface area contributed by atoms with Gasteiger partial charge >= 0.3 is 5.97 Å². The van der Waals surface area contributed by atoms with Crippen molar-refractivity contribution >= 4 is 23.4 Å². The number of anilines is 1. The lowest BCUT2D eigenvalue weighted by atomic mass is 10.3. The number of aromatic carboxylic acids is 1. The lowest BCUT2D eigenvalue weighted by Crippen LogP contribution is -2.09. The van der Waals surface area contributed by atoms with Gasteiger partial charge in [0, 0.05) is 25.5 Å². The standard InChI is InChI=1S/C11H12ClN5O2/c12-9-6-8(11(18)19)7-14-10(9)13-2-1-4-17-5-3-15-16-17/h3,5-7H,1-2,4H2,(H,13,14)(H,18,19). The van der Waals surface area contributed by atoms with E-state index in [1.165, 1.54) is 12.3 Å². The predicted molar refractivity (Wildman–Crippen MR) is 69.3 cm³/mol. The minimum absolute atomic E-state index is 0.0677. The topological polar surface area (TPSA) is 92.9 Å². The van der Waals surface area contributed by atoms with Gasteiger partial charge in [-0.05, 0) is 12.5 Å². The number of pyridine rings is 1. The fourth-order valence-corrected chi connectivity index (χ4v) is 1.72. The highest BCUT2D eigenvalue weighted by atomic mass is 35.5. The van der Waals surface area contributed by atoms with E-state index in [9.17, 15) is 4.79 Å². The third-order valence-electron chi connectivity index (χ3n) is 2.42. The van der Waals surface area contributed by atoms with Crippen molar-refractivity contribution in [3.05, 3.63) is 35.2 Å². The number of aromatic nitrogens is 4. The molecule has 0 atom stereocenters. The normalized spacial score (nSPS) is 10.4. The van der Waals surface area contributed by atoms with Gasteiger partial charge in [-0.25, -0.2) is 9.78 Å². The molecule has 0 unspecified atom stereocenters. The Labute approximate surface area is 114 Å². The van der Waals surface area contributed by atoms with Gasteiger partial charge in [-0.3, -0.25) is 4.68 Å². The highest BCUT2D eigenvalue weighted by Crippen LogP contribution is 2.19. The first-order chi connectivity index (χ1) is 9.16. The van der Waals surface area contributed by atoms with Crippen LogP contribution in [0.25, 0.3) is 0 Å². The number of nitrogens with one attached hydrogen (secondary N) is 1. The summed E-state index contributed by atoms with van der Waals surface area (Å²) in [6.45, 7) is 1.39. The minimum atomic E-state index is -1.05. The van der Waals surface area contributed by atoms with Crippen LogP contribution in [0.4, 0.5) is 5.82 Å². The average Bonchev–Trinajstić information content (AvgIpc) is 2.89. The van der Waals surface area contributed by atoms with Crippen LogP contribution in [-0.2, 0) is 6.54 Å². The summed E-state index contributed by atoms with van der Waals surface area (Å²) in [5.41, 5.74) is 0.0677. The maximum absolute atomic E-state index is 10.7. The Morgan fingerprint density at radius 3 is 3.00 bits per heavy atom. The Morgan fingerprint density at radius 1 is 1.53 bits per heavy atom. The van der Waals surface area contributed by atoms with Crippen LogP contribution in [0.3, 0.4) is 0 Å². The Kier molecular flexibility index (Phi) is 4.30. The van der Waals surface area contributed by atoms with Crippen molar-refractivity contribution in [3.63, 3.8) is 0 Å². The molecule has 19 heavy (non-hydrogen) atoms. The molecular weight excluding hydrogens is 270 g/mol. The molecule has 2 heterocycles. The van der Waals surface area contributed by atoms with Gasteiger partial charge < -0.3 is 10.4 Å². The summed E-state index contributed by atoms with van der Waals surface area (Å²) in [6, 6.07) is 1.37. The van der Waals surface area contributed by atoms with Crippen molar-refractivity contribution < 1.29 is 9.90 Å². The SMILES string of the molecule is O=C(O)c1cnc(NCCCn2ccnn2)c(Cl)c1. The maximum Gasteiger partial charge on any atom is 0.337 e. The Hall–Kier alpha value is -2.15. The summed E-state index contributed by atoms with van der Waals surface area (Å²) in [5.74, 6) is -0.572. The second kappa shape index (κ2) is 6.14. The first kappa shape index (κ1) is 13.3. The number of hydrogen-bond donors (Lipinski definition) is 2. The number of halogens is 1. The minimum Gasteiger partial charge on any atom is -0.478 e. The summed E-state index contributed by atoms with van der Waals surface area (Å²) in [4.78, 5) is 14.7. The van der Waals surface area contributed by atoms with Crippen LogP contribution in [0, 0.1) is 0 Å². The van der Waals surface area contributed by atoms with Crippen molar-refractivity contribution in [3.8, 4) is 0 Å². The summed E-state index contributed by atoms with van der Waals surface area (Å²) in [6.07, 6.45) is 5.50. The van der Waals surface area contributed by atoms with Gasteiger partial charge in [0.25, 0.3) is 0 Å². The molecule has 0 aromatic carbocycles. The van der Waals surface area contributed by atoms with Crippen molar-refractivity contribution in [2.75, 3.05) is 11.9 Å². The smallest absolute Gasteiger partial charge is 0.337 e. The Bertz CT molecular complexity index is 558. The van der Waals surface area contributed by atoms with E-state index in [-0.39, 0.29) is 5.56 Å². The molecule has 2 rings (SSSR count). The molecule has 0 aliphatic carbocycles. The van der Waals surface area contributed by atoms with E-state index in [2.05, 4.69) is 20.6 Å². The molecule has 2 N–H and O–H groups in total. The van der Waals surface area contributed by atoms with Crippen LogP contribution in [0.1, 0.15) is 16.8 Å². The third-order valence-corrected chi connectivity index (χ3v) is 2.70. The van der Waals surface area contributed by atoms with Crippen LogP contribution in [0.5, 0.6) is 0 Å². The van der Waals surface area contributed by atoms with E-state index in [1.807, 2.05) is 0 Å². The first-order valence-corrected chi connectivity index (χ1v) is 6.01. The summed E-state index contributed by atoms with van der Waals surface area (Å²) < 4.78 is 1.73. The van der Waals surface area contributed by atoms with Crippen molar-refractivity contribution in [2.24, 2.45) is 0 Å². The van der Waals surface area contributed by atoms with E-state index in [1.54, 1.807) is 17.1 Å². The van der Waals surface area contributed by atoms with E-state index in [0.29, 0.717) is 17.4 Å². The zero-order chi connectivity index (χ0) is 13.7. The van der Waals surface area contributed by atoms with Gasteiger partial charge in [-0.15, -0.1) is 5.10 Å². The predicted octanol–water partition coefficient (Wildman–Crippen LogP) is 1.53. The van der Waals surface area contributed by atoms with Gasteiger partial charge in [-0.2, -0.15) is 0 Å². The van der Waals surface area contributed by atoms with Crippen molar-refractivity contribution in [1.29, 1.82) is 0 Å². The molecule has 0 radical (unpaired) electrons. The molecular formula is C11H12ClN5O2. The van der Waals surface area contributed by atoms with Gasteiger partial charge in [0.15, 0.2) is 0 Å². The Morgan fingerprint density at radius 2 is 2.37 bits per heavy atom. The quantitative estimate of drug-likeness (QED) is 0.780. The molecule has 0 fully saturated rings. The van der Waals surface area contributed by atoms with Gasteiger partial charge in [-0.1, -0.05) is 16.8 Å². The number of carboxylic acids is 1. The summed E-state index contributed by atoms with van der Waals surface area (Å²) in [5, 5.41) is 19.7. The molecule has 0 aliphatic rings. The number of carboxylic acid groups (broad SMARTS) is 1. The molecule has 2 aromatic rings. The van der Waals surface area contributed by atoms with Crippen LogP contribution in [0.2, 0.25) is 5.02 Å². The lowest BCUT2D eigenvalue weighted by Gasteiger charge is -2.07. The molecule has 100 valence electrons. The molecule has 0 saturated heterocycles. The fraction of sp³-hybridized carbons (Fsp3) is 0.273. The molecule has 0 amide bonds. The van der Waals surface area contributed by atoms with Crippen LogP contribution >= 0.6 is 11.6 Å². The fourth-order valence-electron chi connectivity index (χ4n) is 1.48. The second-order valence-electron chi connectivity index (χ2n) is 3.81. The molecule has 0 saturated carbocycles. The van der Waals surface area contributed by atoms with E-state index in [4.69, 9.17) is 16.7 Å². The summed E-state index contributed by atoms with van der Waals surface area (Å²) in [7, 11) is 0. The largest absolute Gasteiger partial charge is 0.478 e. The number of rotatable bonds is 6. The van der Waals surface area contributed by atoms with Crippen LogP contribution in [-0.4, -0.2) is 37.6 Å². The zero-order valence-corrected chi connectivity index (χ0v) is 10.7. The number of aryl methyl sites for hydroxylation is 1. The molecule has 0 spiro atoms. The average molecular weight is 282 g/mol. The maximum atomic E-state index is 10.7. The summed E-state index contributed by atoms with van der Waals surface area (Å²) >= 11 is 5.94. The van der Waals surface area contributed by atoms with Crippen LogP contribution < -0.4 is 5.32 Å². The molecule has 2 aromatic heterocycles. The second-order valence-corrected chi connectivity index (χ2v) is 4.21. The number of nitrogens with zero attached hydrogens (tertiary/aromatic N) is 4. The molecule has 8 heteroatoms. The Balaban J connectivity index is 1.84. The van der Waals surface area contributed by atoms with Gasteiger partial charge in [0.1, 0.15) is 5.82 Å². The van der Waals surface area contributed by atoms with E-state index >= 15 is 0 Å². The monoisotopic (exact) mass is 281 g/mol. The molecule has 0 aliphatic heterocycles.